The summed E-state index contributed by atoms with van der Waals surface area (Å²) in [6.45, 7) is 5.41. The van der Waals surface area contributed by atoms with Crippen LogP contribution in [0, 0.1) is 20.8 Å². The highest BCUT2D eigenvalue weighted by atomic mass is 32.2. The molecular formula is C22H21N3O5S. The maximum Gasteiger partial charge on any atom is 0.264 e. The van der Waals surface area contributed by atoms with Crippen LogP contribution in [0.15, 0.2) is 62.6 Å². The predicted octanol–water partition coefficient (Wildman–Crippen LogP) is 4.33. The van der Waals surface area contributed by atoms with Crippen LogP contribution in [0.1, 0.15) is 22.4 Å². The molecule has 4 rings (SSSR count). The molecule has 0 aliphatic heterocycles. The summed E-state index contributed by atoms with van der Waals surface area (Å²) < 4.78 is 38.0. The molecule has 0 atom stereocenters. The van der Waals surface area contributed by atoms with Crippen LogP contribution in [0.4, 0.5) is 11.6 Å². The number of carbonyl (C=O) groups is 1. The molecular weight excluding hydrogens is 418 g/mol. The number of aryl methyl sites for hydroxylation is 2. The van der Waals surface area contributed by atoms with E-state index >= 15 is 0 Å². The van der Waals surface area contributed by atoms with E-state index in [0.717, 1.165) is 22.1 Å². The minimum absolute atomic E-state index is 0.0372. The predicted molar refractivity (Wildman–Crippen MR) is 117 cm³/mol. The molecule has 0 aliphatic carbocycles. The van der Waals surface area contributed by atoms with E-state index in [1.807, 2.05) is 25.1 Å². The van der Waals surface area contributed by atoms with Crippen LogP contribution in [0.2, 0.25) is 0 Å². The van der Waals surface area contributed by atoms with Crippen molar-refractivity contribution in [3.8, 4) is 0 Å². The van der Waals surface area contributed by atoms with Gasteiger partial charge >= 0.3 is 0 Å². The molecule has 0 aliphatic rings. The lowest BCUT2D eigenvalue weighted by Gasteiger charge is -2.08. The van der Waals surface area contributed by atoms with Gasteiger partial charge in [-0.25, -0.2) is 13.1 Å². The average Bonchev–Trinajstić information content (AvgIpc) is 3.25. The molecule has 4 aromatic rings. The van der Waals surface area contributed by atoms with Gasteiger partial charge in [-0.05, 0) is 56.7 Å². The largest absolute Gasteiger partial charge is 0.464 e. The first-order valence-electron chi connectivity index (χ1n) is 9.55. The number of rotatable bonds is 6. The van der Waals surface area contributed by atoms with Crippen LogP contribution >= 0.6 is 0 Å². The summed E-state index contributed by atoms with van der Waals surface area (Å²) in [6.07, 6.45) is 1.72. The van der Waals surface area contributed by atoms with Crippen molar-refractivity contribution in [3.05, 3.63) is 71.1 Å². The first-order valence-corrected chi connectivity index (χ1v) is 11.0. The third-order valence-electron chi connectivity index (χ3n) is 4.99. The third kappa shape index (κ3) is 4.31. The van der Waals surface area contributed by atoms with Crippen LogP contribution in [0.5, 0.6) is 0 Å². The van der Waals surface area contributed by atoms with Crippen LogP contribution in [0.3, 0.4) is 0 Å². The van der Waals surface area contributed by atoms with Crippen LogP contribution in [-0.4, -0.2) is 19.5 Å². The number of carbonyl (C=O) groups excluding carboxylic acids is 1. The van der Waals surface area contributed by atoms with Gasteiger partial charge in [0.2, 0.25) is 11.8 Å². The normalized spacial score (nSPS) is 11.6. The molecule has 0 bridgehead atoms. The summed E-state index contributed by atoms with van der Waals surface area (Å²) in [7, 11) is -3.85. The summed E-state index contributed by atoms with van der Waals surface area (Å²) in [5, 5.41) is 7.41. The number of furan rings is 1. The van der Waals surface area contributed by atoms with Crippen LogP contribution in [-0.2, 0) is 21.2 Å². The second-order valence-electron chi connectivity index (χ2n) is 7.34. The number of nitrogens with zero attached hydrogens (tertiary/aromatic N) is 1. The molecule has 2 aromatic heterocycles. The standard InChI is InChI=1S/C22H21N3O5S/c1-13-4-9-19-16(12-29-20(19)10-13)11-21(26)23-17-5-7-18(8-6-17)31(27,28)25-22-14(2)15(3)24-30-22/h4-10,12,25H,11H2,1-3H3,(H,23,26). The quantitative estimate of drug-likeness (QED) is 0.462. The number of hydrogen-bond acceptors (Lipinski definition) is 6. The van der Waals surface area contributed by atoms with Crippen molar-refractivity contribution < 1.29 is 22.2 Å². The molecule has 0 spiro atoms. The Morgan fingerprint density at radius 3 is 2.48 bits per heavy atom. The summed E-state index contributed by atoms with van der Waals surface area (Å²) in [5.41, 5.74) is 4.32. The number of aromatic nitrogens is 1. The maximum absolute atomic E-state index is 12.6. The van der Waals surface area contributed by atoms with E-state index in [2.05, 4.69) is 15.2 Å². The van der Waals surface area contributed by atoms with Crippen molar-refractivity contribution in [1.82, 2.24) is 5.16 Å². The number of anilines is 2. The molecule has 31 heavy (non-hydrogen) atoms. The summed E-state index contributed by atoms with van der Waals surface area (Å²) in [5.74, 6) is -0.151. The molecule has 2 N–H and O–H groups in total. The fourth-order valence-electron chi connectivity index (χ4n) is 3.11. The summed E-state index contributed by atoms with van der Waals surface area (Å²) >= 11 is 0. The molecule has 8 nitrogen and oxygen atoms in total. The molecule has 0 saturated carbocycles. The monoisotopic (exact) mass is 439 g/mol. The Morgan fingerprint density at radius 1 is 1.06 bits per heavy atom. The molecule has 160 valence electrons. The summed E-state index contributed by atoms with van der Waals surface area (Å²) in [6, 6.07) is 11.7. The van der Waals surface area contributed by atoms with E-state index in [1.165, 1.54) is 24.3 Å². The zero-order valence-electron chi connectivity index (χ0n) is 17.2. The van der Waals surface area contributed by atoms with Crippen molar-refractivity contribution in [2.45, 2.75) is 32.1 Å². The number of nitrogens with one attached hydrogen (secondary N) is 2. The first-order chi connectivity index (χ1) is 14.7. The lowest BCUT2D eigenvalue weighted by Crippen LogP contribution is -2.15. The highest BCUT2D eigenvalue weighted by molar-refractivity contribution is 7.92. The minimum Gasteiger partial charge on any atom is -0.464 e. The molecule has 9 heteroatoms. The Morgan fingerprint density at radius 2 is 1.81 bits per heavy atom. The number of sulfonamides is 1. The van der Waals surface area contributed by atoms with Crippen molar-refractivity contribution in [1.29, 1.82) is 0 Å². The molecule has 1 amide bonds. The van der Waals surface area contributed by atoms with Gasteiger partial charge < -0.3 is 14.3 Å². The van der Waals surface area contributed by atoms with Gasteiger partial charge in [-0.2, -0.15) is 0 Å². The van der Waals surface area contributed by atoms with Gasteiger partial charge in [-0.1, -0.05) is 17.3 Å². The molecule has 0 radical (unpaired) electrons. The second-order valence-corrected chi connectivity index (χ2v) is 9.02. The molecule has 0 fully saturated rings. The van der Waals surface area contributed by atoms with E-state index in [0.29, 0.717) is 16.9 Å². The van der Waals surface area contributed by atoms with Crippen molar-refractivity contribution in [3.63, 3.8) is 0 Å². The van der Waals surface area contributed by atoms with Crippen molar-refractivity contribution in [2.75, 3.05) is 10.0 Å². The van der Waals surface area contributed by atoms with Gasteiger partial charge in [0.15, 0.2) is 0 Å². The Labute approximate surface area is 179 Å². The Hall–Kier alpha value is -3.59. The topological polar surface area (TPSA) is 114 Å². The smallest absolute Gasteiger partial charge is 0.264 e. The van der Waals surface area contributed by atoms with Crippen molar-refractivity contribution in [2.24, 2.45) is 0 Å². The van der Waals surface area contributed by atoms with Crippen LogP contribution in [0.25, 0.3) is 11.0 Å². The zero-order valence-corrected chi connectivity index (χ0v) is 18.0. The Balaban J connectivity index is 1.44. The van der Waals surface area contributed by atoms with Gasteiger partial charge in [-0.3, -0.25) is 4.79 Å². The van der Waals surface area contributed by atoms with E-state index in [4.69, 9.17) is 8.94 Å². The Kier molecular flexibility index (Phi) is 5.28. The van der Waals surface area contributed by atoms with Crippen molar-refractivity contribution >= 4 is 38.5 Å². The lowest BCUT2D eigenvalue weighted by molar-refractivity contribution is -0.115. The summed E-state index contributed by atoms with van der Waals surface area (Å²) in [4.78, 5) is 12.5. The number of benzene rings is 2. The van der Waals surface area contributed by atoms with E-state index in [-0.39, 0.29) is 23.1 Å². The molecule has 0 saturated heterocycles. The first kappa shape index (κ1) is 20.7. The van der Waals surface area contributed by atoms with E-state index in [1.54, 1.807) is 20.1 Å². The Bertz CT molecular complexity index is 1370. The van der Waals surface area contributed by atoms with Gasteiger partial charge in [0.1, 0.15) is 5.58 Å². The van der Waals surface area contributed by atoms with Gasteiger partial charge in [0, 0.05) is 22.2 Å². The SMILES string of the molecule is Cc1ccc2c(CC(=O)Nc3ccc(S(=O)(=O)Nc4onc(C)c4C)cc3)coc2c1. The van der Waals surface area contributed by atoms with Gasteiger partial charge in [-0.15, -0.1) is 0 Å². The third-order valence-corrected chi connectivity index (χ3v) is 6.34. The van der Waals surface area contributed by atoms with Gasteiger partial charge in [0.05, 0.1) is 23.3 Å². The molecule has 2 heterocycles. The fraction of sp³-hybridized carbons (Fsp3) is 0.182. The van der Waals surface area contributed by atoms with Crippen LogP contribution < -0.4 is 10.0 Å². The van der Waals surface area contributed by atoms with E-state index in [9.17, 15) is 13.2 Å². The highest BCUT2D eigenvalue weighted by Gasteiger charge is 2.19. The van der Waals surface area contributed by atoms with Gasteiger partial charge in [0.25, 0.3) is 10.0 Å². The lowest BCUT2D eigenvalue weighted by atomic mass is 10.1. The fourth-order valence-corrected chi connectivity index (χ4v) is 4.16. The minimum atomic E-state index is -3.85. The molecule has 0 unspecified atom stereocenters. The highest BCUT2D eigenvalue weighted by Crippen LogP contribution is 2.24. The second kappa shape index (κ2) is 7.92. The zero-order chi connectivity index (χ0) is 22.2. The number of hydrogen-bond donors (Lipinski definition) is 2. The molecule has 2 aromatic carbocycles. The average molecular weight is 439 g/mol. The number of amides is 1. The van der Waals surface area contributed by atoms with E-state index < -0.39 is 10.0 Å². The maximum atomic E-state index is 12.6. The number of fused-ring (bicyclic) bond motifs is 1.